The molecule has 94 valence electrons. The van der Waals surface area contributed by atoms with E-state index < -0.39 is 5.97 Å². The summed E-state index contributed by atoms with van der Waals surface area (Å²) in [5.74, 6) is -0.0670. The molecule has 1 aromatic carbocycles. The molecule has 0 heterocycles. The van der Waals surface area contributed by atoms with Crippen LogP contribution in [0.3, 0.4) is 0 Å². The number of carboxylic acids is 1. The van der Waals surface area contributed by atoms with Gasteiger partial charge in [0, 0.05) is 5.56 Å². The van der Waals surface area contributed by atoms with Gasteiger partial charge in [-0.25, -0.2) is 0 Å². The average Bonchev–Trinajstić information content (AvgIpc) is 2.30. The van der Waals surface area contributed by atoms with Crippen LogP contribution in [0.1, 0.15) is 18.1 Å². The molecule has 0 fully saturated rings. The second kappa shape index (κ2) is 5.77. The van der Waals surface area contributed by atoms with Gasteiger partial charge in [-0.3, -0.25) is 4.79 Å². The van der Waals surface area contributed by atoms with E-state index in [0.717, 1.165) is 5.56 Å². The summed E-state index contributed by atoms with van der Waals surface area (Å²) in [6.45, 7) is 1.94. The predicted octanol–water partition coefficient (Wildman–Crippen LogP) is 2.55. The number of rotatable bonds is 5. The number of hydrogen-bond donors (Lipinski definition) is 1. The van der Waals surface area contributed by atoms with Crippen LogP contribution in [0, 0.1) is 0 Å². The van der Waals surface area contributed by atoms with E-state index in [4.69, 9.17) is 26.2 Å². The number of methoxy groups -OCH3 is 2. The normalized spacial score (nSPS) is 10.1. The minimum absolute atomic E-state index is 0.188. The Hall–Kier alpha value is -1.42. The quantitative estimate of drug-likeness (QED) is 0.882. The summed E-state index contributed by atoms with van der Waals surface area (Å²) in [4.78, 5) is 10.8. The standard InChI is InChI=1S/C12H15ClO4/c1-4-7-5-9(16-2)12(17-3)8(11(7)13)6-10(14)15/h5H,4,6H2,1-3H3,(H,14,15). The summed E-state index contributed by atoms with van der Waals surface area (Å²) in [7, 11) is 2.97. The van der Waals surface area contributed by atoms with Crippen molar-refractivity contribution in [3.8, 4) is 11.5 Å². The first kappa shape index (κ1) is 13.6. The van der Waals surface area contributed by atoms with Crippen LogP contribution < -0.4 is 9.47 Å². The third-order valence-electron chi connectivity index (χ3n) is 2.48. The number of aryl methyl sites for hydroxylation is 1. The summed E-state index contributed by atoms with van der Waals surface area (Å²) in [5.41, 5.74) is 1.30. The van der Waals surface area contributed by atoms with Crippen molar-refractivity contribution in [2.24, 2.45) is 0 Å². The minimum Gasteiger partial charge on any atom is -0.493 e. The van der Waals surface area contributed by atoms with Crippen molar-refractivity contribution in [2.45, 2.75) is 19.8 Å². The van der Waals surface area contributed by atoms with E-state index in [1.54, 1.807) is 6.07 Å². The van der Waals surface area contributed by atoms with E-state index in [1.165, 1.54) is 14.2 Å². The highest BCUT2D eigenvalue weighted by Gasteiger charge is 2.19. The fourth-order valence-electron chi connectivity index (χ4n) is 1.67. The Morgan fingerprint density at radius 1 is 1.41 bits per heavy atom. The first-order chi connectivity index (χ1) is 8.04. The lowest BCUT2D eigenvalue weighted by Gasteiger charge is -2.16. The molecule has 0 aliphatic heterocycles. The number of carboxylic acid groups (broad SMARTS) is 1. The van der Waals surface area contributed by atoms with Crippen LogP contribution in [-0.4, -0.2) is 25.3 Å². The maximum absolute atomic E-state index is 10.8. The topological polar surface area (TPSA) is 55.8 Å². The zero-order valence-electron chi connectivity index (χ0n) is 10.0. The van der Waals surface area contributed by atoms with E-state index in [2.05, 4.69) is 0 Å². The zero-order valence-corrected chi connectivity index (χ0v) is 10.8. The number of benzene rings is 1. The van der Waals surface area contributed by atoms with Gasteiger partial charge in [-0.2, -0.15) is 0 Å². The van der Waals surface area contributed by atoms with Gasteiger partial charge in [0.1, 0.15) is 0 Å². The minimum atomic E-state index is -0.958. The Bertz CT molecular complexity index is 429. The predicted molar refractivity (Wildman–Crippen MR) is 65.3 cm³/mol. The maximum atomic E-state index is 10.8. The molecule has 0 saturated heterocycles. The molecule has 0 amide bonds. The van der Waals surface area contributed by atoms with Gasteiger partial charge in [-0.15, -0.1) is 0 Å². The van der Waals surface area contributed by atoms with Crippen LogP contribution in [0.4, 0.5) is 0 Å². The van der Waals surface area contributed by atoms with E-state index in [1.807, 2.05) is 6.92 Å². The molecule has 0 aromatic heterocycles. The molecule has 1 aromatic rings. The van der Waals surface area contributed by atoms with Crippen molar-refractivity contribution >= 4 is 17.6 Å². The van der Waals surface area contributed by atoms with Crippen molar-refractivity contribution < 1.29 is 19.4 Å². The summed E-state index contributed by atoms with van der Waals surface area (Å²) in [5, 5.41) is 9.32. The third-order valence-corrected chi connectivity index (χ3v) is 2.95. The Labute approximate surface area is 105 Å². The van der Waals surface area contributed by atoms with Gasteiger partial charge in [-0.05, 0) is 18.1 Å². The summed E-state index contributed by atoms with van der Waals surface area (Å²) >= 11 is 6.17. The van der Waals surface area contributed by atoms with Crippen LogP contribution in [0.5, 0.6) is 11.5 Å². The van der Waals surface area contributed by atoms with Crippen molar-refractivity contribution in [3.05, 3.63) is 22.2 Å². The van der Waals surface area contributed by atoms with Crippen molar-refractivity contribution in [3.63, 3.8) is 0 Å². The lowest BCUT2D eigenvalue weighted by molar-refractivity contribution is -0.136. The Balaban J connectivity index is 3.43. The van der Waals surface area contributed by atoms with Crippen LogP contribution in [0.25, 0.3) is 0 Å². The van der Waals surface area contributed by atoms with E-state index in [-0.39, 0.29) is 6.42 Å². The van der Waals surface area contributed by atoms with Gasteiger partial charge in [-0.1, -0.05) is 18.5 Å². The Morgan fingerprint density at radius 2 is 2.06 bits per heavy atom. The van der Waals surface area contributed by atoms with Crippen LogP contribution in [0.2, 0.25) is 5.02 Å². The SMILES string of the molecule is CCc1cc(OC)c(OC)c(CC(=O)O)c1Cl. The van der Waals surface area contributed by atoms with Crippen LogP contribution in [-0.2, 0) is 17.6 Å². The summed E-state index contributed by atoms with van der Waals surface area (Å²) in [6.07, 6.45) is 0.512. The van der Waals surface area contributed by atoms with Crippen molar-refractivity contribution in [2.75, 3.05) is 14.2 Å². The van der Waals surface area contributed by atoms with Gasteiger partial charge in [0.15, 0.2) is 11.5 Å². The highest BCUT2D eigenvalue weighted by molar-refractivity contribution is 6.32. The Morgan fingerprint density at radius 3 is 2.47 bits per heavy atom. The molecule has 0 atom stereocenters. The molecule has 1 rings (SSSR count). The first-order valence-corrected chi connectivity index (χ1v) is 5.56. The molecule has 5 heteroatoms. The molecule has 0 aliphatic rings. The molecule has 0 bridgehead atoms. The zero-order chi connectivity index (χ0) is 13.0. The first-order valence-electron chi connectivity index (χ1n) is 5.19. The van der Waals surface area contributed by atoms with Crippen LogP contribution in [0.15, 0.2) is 6.07 Å². The summed E-state index contributed by atoms with van der Waals surface area (Å²) in [6, 6.07) is 1.77. The Kier molecular flexibility index (Phi) is 4.63. The summed E-state index contributed by atoms with van der Waals surface area (Å²) < 4.78 is 10.4. The second-order valence-corrected chi connectivity index (χ2v) is 3.87. The smallest absolute Gasteiger partial charge is 0.308 e. The molecule has 17 heavy (non-hydrogen) atoms. The molecule has 0 radical (unpaired) electrons. The van der Waals surface area contributed by atoms with Crippen LogP contribution >= 0.6 is 11.6 Å². The second-order valence-electron chi connectivity index (χ2n) is 3.49. The number of aliphatic carboxylic acids is 1. The van der Waals surface area contributed by atoms with Gasteiger partial charge in [0.25, 0.3) is 0 Å². The number of hydrogen-bond acceptors (Lipinski definition) is 3. The van der Waals surface area contributed by atoms with Gasteiger partial charge in [0.05, 0.1) is 25.7 Å². The molecular formula is C12H15ClO4. The molecule has 0 aliphatic carbocycles. The fraction of sp³-hybridized carbons (Fsp3) is 0.417. The molecular weight excluding hydrogens is 244 g/mol. The monoisotopic (exact) mass is 258 g/mol. The molecule has 4 nitrogen and oxygen atoms in total. The highest BCUT2D eigenvalue weighted by Crippen LogP contribution is 2.39. The van der Waals surface area contributed by atoms with Crippen molar-refractivity contribution in [1.82, 2.24) is 0 Å². The number of carbonyl (C=O) groups is 1. The van der Waals surface area contributed by atoms with Gasteiger partial charge >= 0.3 is 5.97 Å². The van der Waals surface area contributed by atoms with E-state index in [9.17, 15) is 4.79 Å². The van der Waals surface area contributed by atoms with Crippen molar-refractivity contribution in [1.29, 1.82) is 0 Å². The maximum Gasteiger partial charge on any atom is 0.308 e. The number of halogens is 1. The lowest BCUT2D eigenvalue weighted by atomic mass is 10.0. The largest absolute Gasteiger partial charge is 0.493 e. The van der Waals surface area contributed by atoms with E-state index in [0.29, 0.717) is 28.5 Å². The van der Waals surface area contributed by atoms with E-state index >= 15 is 0 Å². The molecule has 0 unspecified atom stereocenters. The molecule has 0 saturated carbocycles. The molecule has 1 N–H and O–H groups in total. The fourth-order valence-corrected chi connectivity index (χ4v) is 2.01. The average molecular weight is 259 g/mol. The number of ether oxygens (including phenoxy) is 2. The van der Waals surface area contributed by atoms with Gasteiger partial charge < -0.3 is 14.6 Å². The third kappa shape index (κ3) is 2.82. The lowest BCUT2D eigenvalue weighted by Crippen LogP contribution is -2.06. The highest BCUT2D eigenvalue weighted by atomic mass is 35.5. The van der Waals surface area contributed by atoms with Gasteiger partial charge in [0.2, 0.25) is 0 Å². The molecule has 0 spiro atoms.